The Hall–Kier alpha value is -2.82. The molecule has 1 spiro atoms. The predicted molar refractivity (Wildman–Crippen MR) is 189 cm³/mol. The van der Waals surface area contributed by atoms with Crippen molar-refractivity contribution >= 4 is 15.2 Å². The highest BCUT2D eigenvalue weighted by Crippen LogP contribution is 2.71. The van der Waals surface area contributed by atoms with E-state index in [1.54, 1.807) is 0 Å². The molecule has 0 unspecified atom stereocenters. The summed E-state index contributed by atoms with van der Waals surface area (Å²) in [5, 5.41) is 0. The Labute approximate surface area is 279 Å². The van der Waals surface area contributed by atoms with Crippen molar-refractivity contribution in [3.63, 3.8) is 0 Å². The summed E-state index contributed by atoms with van der Waals surface area (Å²) in [4.78, 5) is 0. The van der Waals surface area contributed by atoms with E-state index in [2.05, 4.69) is 0 Å². The van der Waals surface area contributed by atoms with Crippen LogP contribution in [0.2, 0.25) is 0 Å². The van der Waals surface area contributed by atoms with Crippen molar-refractivity contribution in [1.82, 2.24) is 0 Å². The predicted octanol–water partition coefficient (Wildman–Crippen LogP) is 10.5. The molecular weight excluding hydrogens is 626 g/mol. The number of aryl methyl sites for hydroxylation is 8. The van der Waals surface area contributed by atoms with Gasteiger partial charge < -0.3 is 18.1 Å². The number of benzene rings is 4. The van der Waals surface area contributed by atoms with Gasteiger partial charge >= 0.3 is 15.2 Å². The third-order valence-electron chi connectivity index (χ3n) is 10.1. The van der Waals surface area contributed by atoms with Gasteiger partial charge in [-0.05, 0) is 122 Å². The van der Waals surface area contributed by atoms with E-state index in [0.29, 0.717) is 0 Å². The Morgan fingerprint density at radius 2 is 0.617 bits per heavy atom. The average molecular weight is 673 g/mol. The van der Waals surface area contributed by atoms with Crippen LogP contribution in [0.15, 0.2) is 72.8 Å². The molecule has 0 radical (unpaired) electrons. The molecule has 0 bridgehead atoms. The summed E-state index contributed by atoms with van der Waals surface area (Å²) < 4.78 is 55.5. The van der Waals surface area contributed by atoms with Crippen LogP contribution >= 0.6 is 15.2 Å². The summed E-state index contributed by atoms with van der Waals surface area (Å²) in [5.41, 5.74) is 10.2. The minimum atomic E-state index is -3.72. The molecule has 2 heterocycles. The minimum absolute atomic E-state index is 0.105. The van der Waals surface area contributed by atoms with Crippen molar-refractivity contribution in [3.8, 4) is 0 Å². The van der Waals surface area contributed by atoms with Gasteiger partial charge in [-0.2, -0.15) is 0 Å². The zero-order chi connectivity index (χ0) is 33.7. The molecule has 4 aromatic rings. The van der Waals surface area contributed by atoms with Crippen molar-refractivity contribution in [1.29, 1.82) is 0 Å². The largest absolute Gasteiger partial charge is 0.342 e. The SMILES string of the molecule is Cc1cccc(C)c1C(c1c(C)cccc1C)P1(=O)OCC2(CO1)COP(=O)(C(c1c(C)cccc1C)c1c(C)cccc1C)OC2. The van der Waals surface area contributed by atoms with Gasteiger partial charge in [0.05, 0.1) is 31.8 Å². The Kier molecular flexibility index (Phi) is 9.35. The third kappa shape index (κ3) is 6.14. The van der Waals surface area contributed by atoms with Gasteiger partial charge in [0.15, 0.2) is 0 Å². The first-order chi connectivity index (χ1) is 22.3. The molecular formula is C39H46O6P2. The van der Waals surface area contributed by atoms with Crippen molar-refractivity contribution in [3.05, 3.63) is 140 Å². The second kappa shape index (κ2) is 12.9. The van der Waals surface area contributed by atoms with Gasteiger partial charge in [0.1, 0.15) is 11.3 Å². The normalized spacial score (nSPS) is 24.7. The summed E-state index contributed by atoms with van der Waals surface area (Å²) in [6.07, 6.45) is 0. The van der Waals surface area contributed by atoms with Crippen LogP contribution in [-0.2, 0) is 27.2 Å². The van der Waals surface area contributed by atoms with Gasteiger partial charge in [-0.25, -0.2) is 0 Å². The first-order valence-corrected chi connectivity index (χ1v) is 19.5. The van der Waals surface area contributed by atoms with Crippen LogP contribution in [-0.4, -0.2) is 26.4 Å². The van der Waals surface area contributed by atoms with Crippen LogP contribution in [0.3, 0.4) is 0 Å². The summed E-state index contributed by atoms with van der Waals surface area (Å²) in [6.45, 7) is 16.8. The Morgan fingerprint density at radius 1 is 0.426 bits per heavy atom. The fraction of sp³-hybridized carbons (Fsp3) is 0.385. The molecule has 47 heavy (non-hydrogen) atoms. The average Bonchev–Trinajstić information content (AvgIpc) is 3.02. The quantitative estimate of drug-likeness (QED) is 0.190. The van der Waals surface area contributed by atoms with Crippen LogP contribution in [0.4, 0.5) is 0 Å². The lowest BCUT2D eigenvalue weighted by molar-refractivity contribution is -0.0703. The molecule has 2 fully saturated rings. The van der Waals surface area contributed by atoms with Crippen LogP contribution in [0.5, 0.6) is 0 Å². The van der Waals surface area contributed by atoms with Gasteiger partial charge in [0.2, 0.25) is 0 Å². The minimum Gasteiger partial charge on any atom is -0.307 e. The van der Waals surface area contributed by atoms with Gasteiger partial charge in [0, 0.05) is 0 Å². The van der Waals surface area contributed by atoms with E-state index < -0.39 is 31.9 Å². The van der Waals surface area contributed by atoms with Gasteiger partial charge in [-0.15, -0.1) is 0 Å². The lowest BCUT2D eigenvalue weighted by atomic mass is 9.91. The van der Waals surface area contributed by atoms with E-state index in [4.69, 9.17) is 18.1 Å². The van der Waals surface area contributed by atoms with Gasteiger partial charge in [-0.1, -0.05) is 72.8 Å². The molecule has 6 nitrogen and oxygen atoms in total. The zero-order valence-electron chi connectivity index (χ0n) is 28.8. The second-order valence-electron chi connectivity index (χ2n) is 13.7. The lowest BCUT2D eigenvalue weighted by Crippen LogP contribution is -2.46. The van der Waals surface area contributed by atoms with E-state index in [0.717, 1.165) is 66.8 Å². The standard InChI is InChI=1S/C39H46O6P2/c1-25-13-9-14-26(2)33(25)37(34-27(3)15-10-16-28(34)4)46(40)42-21-39(22-43-46)23-44-47(41,45-24-39)38(35-29(5)17-11-18-30(35)6)36-31(7)19-12-20-32(36)8/h9-20,37-38H,21-24H2,1-8H3. The Morgan fingerprint density at radius 3 is 0.809 bits per heavy atom. The molecule has 248 valence electrons. The molecule has 0 amide bonds. The van der Waals surface area contributed by atoms with E-state index in [1.807, 2.05) is 128 Å². The number of rotatable bonds is 6. The fourth-order valence-electron chi connectivity index (χ4n) is 7.49. The molecule has 2 saturated heterocycles. The fourth-order valence-corrected chi connectivity index (χ4v) is 12.9. The van der Waals surface area contributed by atoms with E-state index in [1.165, 1.54) is 0 Å². The second-order valence-corrected chi connectivity index (χ2v) is 17.9. The summed E-state index contributed by atoms with van der Waals surface area (Å²) in [7, 11) is -7.44. The van der Waals surface area contributed by atoms with Crippen molar-refractivity contribution < 1.29 is 27.2 Å². The van der Waals surface area contributed by atoms with Gasteiger partial charge in [-0.3, -0.25) is 9.13 Å². The smallest absolute Gasteiger partial charge is 0.307 e. The maximum absolute atomic E-state index is 14.9. The molecule has 6 rings (SSSR count). The molecule has 8 heteroatoms. The highest BCUT2D eigenvalue weighted by atomic mass is 31.2. The van der Waals surface area contributed by atoms with Crippen molar-refractivity contribution in [2.24, 2.45) is 5.41 Å². The van der Waals surface area contributed by atoms with Crippen molar-refractivity contribution in [2.45, 2.75) is 66.7 Å². The molecule has 4 aromatic carbocycles. The first kappa shape index (κ1) is 34.1. The summed E-state index contributed by atoms with van der Waals surface area (Å²) in [6, 6.07) is 24.4. The van der Waals surface area contributed by atoms with E-state index in [9.17, 15) is 9.13 Å². The Balaban J connectivity index is 1.32. The van der Waals surface area contributed by atoms with Crippen LogP contribution < -0.4 is 0 Å². The van der Waals surface area contributed by atoms with E-state index >= 15 is 0 Å². The molecule has 0 aromatic heterocycles. The Bertz CT molecular complexity index is 1580. The van der Waals surface area contributed by atoms with Crippen LogP contribution in [0.25, 0.3) is 0 Å². The highest BCUT2D eigenvalue weighted by molar-refractivity contribution is 7.55. The topological polar surface area (TPSA) is 71.1 Å². The number of hydrogen-bond acceptors (Lipinski definition) is 6. The first-order valence-electron chi connectivity index (χ1n) is 16.3. The zero-order valence-corrected chi connectivity index (χ0v) is 30.5. The summed E-state index contributed by atoms with van der Waals surface area (Å²) >= 11 is 0. The molecule has 0 saturated carbocycles. The summed E-state index contributed by atoms with van der Waals surface area (Å²) in [5.74, 6) is 0. The molecule has 0 atom stereocenters. The lowest BCUT2D eigenvalue weighted by Gasteiger charge is -2.46. The maximum Gasteiger partial charge on any atom is 0.342 e. The van der Waals surface area contributed by atoms with Crippen molar-refractivity contribution in [2.75, 3.05) is 26.4 Å². The van der Waals surface area contributed by atoms with Crippen LogP contribution in [0, 0.1) is 60.8 Å². The molecule has 0 N–H and O–H groups in total. The molecule has 2 aliphatic rings. The monoisotopic (exact) mass is 672 g/mol. The van der Waals surface area contributed by atoms with Gasteiger partial charge in [0.25, 0.3) is 0 Å². The third-order valence-corrected chi connectivity index (χ3v) is 14.4. The number of hydrogen-bond donors (Lipinski definition) is 0. The molecule has 2 aliphatic heterocycles. The molecule has 0 aliphatic carbocycles. The highest BCUT2D eigenvalue weighted by Gasteiger charge is 2.54. The van der Waals surface area contributed by atoms with Crippen LogP contribution in [0.1, 0.15) is 78.1 Å². The van der Waals surface area contributed by atoms with E-state index in [-0.39, 0.29) is 26.4 Å². The maximum atomic E-state index is 14.9.